The number of hydrogen-bond donors (Lipinski definition) is 2. The minimum Gasteiger partial charge on any atom is -0.392 e. The van der Waals surface area contributed by atoms with Gasteiger partial charge in [-0.15, -0.1) is 0 Å². The Bertz CT molecular complexity index is 427. The standard InChI is InChI=1S/C12H15N3OS/c13-10(17)12(6-2-3-7-12)11(16)15-9-5-1-4-8-14-9/h1,4-5,8H,2-3,6-7H2,(H2,13,17)(H,14,15,16). The third-order valence-electron chi connectivity index (χ3n) is 3.27. The fourth-order valence-corrected chi connectivity index (χ4v) is 2.53. The van der Waals surface area contributed by atoms with Crippen LogP contribution in [0.1, 0.15) is 25.7 Å². The Morgan fingerprint density at radius 2 is 2.12 bits per heavy atom. The van der Waals surface area contributed by atoms with Crippen LogP contribution in [0.5, 0.6) is 0 Å². The maximum atomic E-state index is 12.3. The van der Waals surface area contributed by atoms with Crippen LogP contribution in [0, 0.1) is 5.41 Å². The first-order chi connectivity index (χ1) is 8.15. The second-order valence-corrected chi connectivity index (χ2v) is 4.76. The van der Waals surface area contributed by atoms with E-state index >= 15 is 0 Å². The van der Waals surface area contributed by atoms with Crippen molar-refractivity contribution in [1.82, 2.24) is 4.98 Å². The van der Waals surface area contributed by atoms with Gasteiger partial charge in [0.1, 0.15) is 5.82 Å². The molecule has 0 unspecified atom stereocenters. The molecule has 1 amide bonds. The molecule has 4 nitrogen and oxygen atoms in total. The van der Waals surface area contributed by atoms with E-state index in [0.717, 1.165) is 25.7 Å². The van der Waals surface area contributed by atoms with Crippen molar-refractivity contribution in [1.29, 1.82) is 0 Å². The maximum absolute atomic E-state index is 12.3. The summed E-state index contributed by atoms with van der Waals surface area (Å²) >= 11 is 5.06. The number of nitrogens with one attached hydrogen (secondary N) is 1. The number of amides is 1. The van der Waals surface area contributed by atoms with Crippen molar-refractivity contribution in [3.8, 4) is 0 Å². The van der Waals surface area contributed by atoms with E-state index in [1.807, 2.05) is 6.07 Å². The van der Waals surface area contributed by atoms with Crippen molar-refractivity contribution in [2.24, 2.45) is 11.1 Å². The summed E-state index contributed by atoms with van der Waals surface area (Å²) in [6.07, 6.45) is 5.10. The second kappa shape index (κ2) is 4.79. The monoisotopic (exact) mass is 249 g/mol. The van der Waals surface area contributed by atoms with Crippen molar-refractivity contribution in [3.63, 3.8) is 0 Å². The summed E-state index contributed by atoms with van der Waals surface area (Å²) in [7, 11) is 0. The minimum atomic E-state index is -0.674. The average molecular weight is 249 g/mol. The van der Waals surface area contributed by atoms with Gasteiger partial charge in [-0.05, 0) is 25.0 Å². The Balaban J connectivity index is 2.16. The Morgan fingerprint density at radius 3 is 2.65 bits per heavy atom. The quantitative estimate of drug-likeness (QED) is 0.802. The summed E-state index contributed by atoms with van der Waals surface area (Å²) in [5.74, 6) is 0.418. The van der Waals surface area contributed by atoms with Crippen molar-refractivity contribution in [2.75, 3.05) is 5.32 Å². The lowest BCUT2D eigenvalue weighted by Gasteiger charge is -2.25. The fourth-order valence-electron chi connectivity index (χ4n) is 2.24. The number of hydrogen-bond acceptors (Lipinski definition) is 3. The smallest absolute Gasteiger partial charge is 0.238 e. The Labute approximate surface area is 106 Å². The summed E-state index contributed by atoms with van der Waals surface area (Å²) in [6.45, 7) is 0. The van der Waals surface area contributed by atoms with Gasteiger partial charge in [0.25, 0.3) is 0 Å². The number of carbonyl (C=O) groups excluding carboxylic acids is 1. The summed E-state index contributed by atoms with van der Waals surface area (Å²) in [4.78, 5) is 16.6. The highest BCUT2D eigenvalue weighted by Crippen LogP contribution is 2.39. The molecule has 3 N–H and O–H groups in total. The first-order valence-corrected chi connectivity index (χ1v) is 6.08. The summed E-state index contributed by atoms with van der Waals surface area (Å²) < 4.78 is 0. The molecule has 1 aliphatic carbocycles. The number of nitrogens with two attached hydrogens (primary N) is 1. The van der Waals surface area contributed by atoms with Gasteiger partial charge < -0.3 is 11.1 Å². The summed E-state index contributed by atoms with van der Waals surface area (Å²) in [5.41, 5.74) is 5.06. The first-order valence-electron chi connectivity index (χ1n) is 5.67. The number of anilines is 1. The van der Waals surface area contributed by atoms with Crippen molar-refractivity contribution in [2.45, 2.75) is 25.7 Å². The van der Waals surface area contributed by atoms with E-state index < -0.39 is 5.41 Å². The van der Waals surface area contributed by atoms with E-state index in [1.54, 1.807) is 18.3 Å². The Morgan fingerprint density at radius 1 is 1.41 bits per heavy atom. The topological polar surface area (TPSA) is 68.0 Å². The molecule has 0 spiro atoms. The highest BCUT2D eigenvalue weighted by Gasteiger charge is 2.44. The third kappa shape index (κ3) is 2.29. The number of pyridine rings is 1. The molecular formula is C12H15N3OS. The van der Waals surface area contributed by atoms with Gasteiger partial charge in [-0.1, -0.05) is 31.1 Å². The van der Waals surface area contributed by atoms with E-state index in [9.17, 15) is 4.79 Å². The highest BCUT2D eigenvalue weighted by molar-refractivity contribution is 7.80. The van der Waals surface area contributed by atoms with Crippen LogP contribution in [0.4, 0.5) is 5.82 Å². The zero-order chi connectivity index (χ0) is 12.3. The lowest BCUT2D eigenvalue weighted by atomic mass is 9.85. The lowest BCUT2D eigenvalue weighted by Crippen LogP contribution is -2.44. The van der Waals surface area contributed by atoms with Crippen molar-refractivity contribution in [3.05, 3.63) is 24.4 Å². The molecule has 17 heavy (non-hydrogen) atoms. The Hall–Kier alpha value is -1.49. The zero-order valence-corrected chi connectivity index (χ0v) is 10.3. The molecule has 5 heteroatoms. The zero-order valence-electron chi connectivity index (χ0n) is 9.48. The van der Waals surface area contributed by atoms with Crippen LogP contribution < -0.4 is 11.1 Å². The van der Waals surface area contributed by atoms with Crippen LogP contribution in [-0.2, 0) is 4.79 Å². The van der Waals surface area contributed by atoms with Gasteiger partial charge in [0, 0.05) is 6.20 Å². The normalized spacial score (nSPS) is 17.6. The number of rotatable bonds is 3. The van der Waals surface area contributed by atoms with Crippen LogP contribution in [0.2, 0.25) is 0 Å². The van der Waals surface area contributed by atoms with Crippen LogP contribution in [0.25, 0.3) is 0 Å². The van der Waals surface area contributed by atoms with Crippen LogP contribution in [-0.4, -0.2) is 15.9 Å². The predicted molar refractivity (Wildman–Crippen MR) is 70.6 cm³/mol. The molecule has 0 aliphatic heterocycles. The van der Waals surface area contributed by atoms with Crippen molar-refractivity contribution >= 4 is 28.9 Å². The SMILES string of the molecule is NC(=S)C1(C(=O)Nc2ccccn2)CCCC1. The van der Waals surface area contributed by atoms with Crippen LogP contribution in [0.15, 0.2) is 24.4 Å². The number of thiocarbonyl (C=S) groups is 1. The van der Waals surface area contributed by atoms with E-state index in [2.05, 4.69) is 10.3 Å². The van der Waals surface area contributed by atoms with Gasteiger partial charge in [0.2, 0.25) is 5.91 Å². The fraction of sp³-hybridized carbons (Fsp3) is 0.417. The Kier molecular flexibility index (Phi) is 3.38. The van der Waals surface area contributed by atoms with Gasteiger partial charge in [0.05, 0.1) is 10.4 Å². The molecule has 0 radical (unpaired) electrons. The third-order valence-corrected chi connectivity index (χ3v) is 3.66. The van der Waals surface area contributed by atoms with E-state index in [0.29, 0.717) is 10.8 Å². The number of carbonyl (C=O) groups is 1. The molecule has 90 valence electrons. The molecule has 0 aromatic carbocycles. The molecule has 2 rings (SSSR count). The second-order valence-electron chi connectivity index (χ2n) is 4.32. The summed E-state index contributed by atoms with van der Waals surface area (Å²) in [6, 6.07) is 5.37. The van der Waals surface area contributed by atoms with E-state index in [4.69, 9.17) is 18.0 Å². The molecule has 1 fully saturated rings. The molecule has 0 atom stereocenters. The average Bonchev–Trinajstić information content (AvgIpc) is 2.80. The molecule has 1 aliphatic rings. The molecule has 0 saturated heterocycles. The van der Waals surface area contributed by atoms with Crippen LogP contribution >= 0.6 is 12.2 Å². The lowest BCUT2D eigenvalue weighted by molar-refractivity contribution is -0.122. The number of aromatic nitrogens is 1. The largest absolute Gasteiger partial charge is 0.392 e. The van der Waals surface area contributed by atoms with Gasteiger partial charge in [-0.3, -0.25) is 4.79 Å². The summed E-state index contributed by atoms with van der Waals surface area (Å²) in [5, 5.41) is 2.79. The van der Waals surface area contributed by atoms with Gasteiger partial charge in [-0.2, -0.15) is 0 Å². The first kappa shape index (κ1) is 12.0. The maximum Gasteiger partial charge on any atom is 0.238 e. The van der Waals surface area contributed by atoms with E-state index in [-0.39, 0.29) is 5.91 Å². The molecular weight excluding hydrogens is 234 g/mol. The number of nitrogens with zero attached hydrogens (tertiary/aromatic N) is 1. The molecule has 1 aromatic rings. The minimum absolute atomic E-state index is 0.124. The van der Waals surface area contributed by atoms with Crippen LogP contribution in [0.3, 0.4) is 0 Å². The molecule has 1 saturated carbocycles. The van der Waals surface area contributed by atoms with Gasteiger partial charge >= 0.3 is 0 Å². The molecule has 1 heterocycles. The molecule has 0 bridgehead atoms. The van der Waals surface area contributed by atoms with Gasteiger partial charge in [-0.25, -0.2) is 4.98 Å². The molecule has 1 aromatic heterocycles. The van der Waals surface area contributed by atoms with Crippen molar-refractivity contribution < 1.29 is 4.79 Å². The van der Waals surface area contributed by atoms with Gasteiger partial charge in [0.15, 0.2) is 0 Å². The highest BCUT2D eigenvalue weighted by atomic mass is 32.1. The van der Waals surface area contributed by atoms with E-state index in [1.165, 1.54) is 0 Å². The predicted octanol–water partition coefficient (Wildman–Crippen LogP) is 1.87.